The van der Waals surface area contributed by atoms with Gasteiger partial charge >= 0.3 is 0 Å². The Morgan fingerprint density at radius 1 is 1.31 bits per heavy atom. The molecule has 0 aliphatic carbocycles. The Kier molecular flexibility index (Phi) is 6.82. The van der Waals surface area contributed by atoms with Gasteiger partial charge < -0.3 is 5.32 Å². The number of hydrogen-bond donors (Lipinski definition) is 1. The van der Waals surface area contributed by atoms with E-state index >= 15 is 0 Å². The smallest absolute Gasteiger partial charge is 0.281 e. The number of hydrogen-bond acceptors (Lipinski definition) is 3. The number of nitrogens with one attached hydrogen (secondary N) is 1. The molecule has 1 aliphatic rings. The molecular formula is C19H31N3O3S. The van der Waals surface area contributed by atoms with Crippen molar-refractivity contribution in [3.05, 3.63) is 34.9 Å². The van der Waals surface area contributed by atoms with Crippen LogP contribution in [-0.4, -0.2) is 50.1 Å². The Balaban J connectivity index is 2.08. The number of carbonyl (C=O) groups excluding carboxylic acids is 1. The molecule has 1 amide bonds. The molecule has 2 rings (SSSR count). The van der Waals surface area contributed by atoms with Crippen LogP contribution < -0.4 is 5.32 Å². The molecule has 0 aromatic heterocycles. The standard InChI is InChI=1S/C19H31N3O3S/c1-6-18(16-10-9-14(2)15(3)12-16)20-19(23)17-8-7-11-22(13-17)26(24,25)21(4)5/h9-10,12,17-18H,6-8,11,13H2,1-5H3,(H,20,23)/t17-,18-/m1/s1. The Hall–Kier alpha value is -1.44. The normalized spacial score (nSPS) is 20.2. The molecule has 1 aliphatic heterocycles. The van der Waals surface area contributed by atoms with Gasteiger partial charge in [0.25, 0.3) is 10.2 Å². The van der Waals surface area contributed by atoms with Crippen LogP contribution in [0.2, 0.25) is 0 Å². The Morgan fingerprint density at radius 2 is 2.00 bits per heavy atom. The third-order valence-electron chi connectivity index (χ3n) is 5.20. The minimum Gasteiger partial charge on any atom is -0.349 e. The van der Waals surface area contributed by atoms with Crippen LogP contribution >= 0.6 is 0 Å². The highest BCUT2D eigenvalue weighted by Crippen LogP contribution is 2.24. The summed E-state index contributed by atoms with van der Waals surface area (Å²) in [5, 5.41) is 3.13. The highest BCUT2D eigenvalue weighted by atomic mass is 32.2. The predicted octanol–water partition coefficient (Wildman–Crippen LogP) is 2.39. The van der Waals surface area contributed by atoms with Crippen LogP contribution in [-0.2, 0) is 15.0 Å². The molecule has 1 N–H and O–H groups in total. The van der Waals surface area contributed by atoms with E-state index < -0.39 is 10.2 Å². The molecular weight excluding hydrogens is 350 g/mol. The van der Waals surface area contributed by atoms with Crippen molar-refractivity contribution in [2.45, 2.75) is 46.1 Å². The lowest BCUT2D eigenvalue weighted by Crippen LogP contribution is -2.49. The fourth-order valence-corrected chi connectivity index (χ4v) is 4.48. The fraction of sp³-hybridized carbons (Fsp3) is 0.632. The van der Waals surface area contributed by atoms with Crippen LogP contribution in [0, 0.1) is 19.8 Å². The van der Waals surface area contributed by atoms with Crippen molar-refractivity contribution in [1.82, 2.24) is 13.9 Å². The molecule has 0 unspecified atom stereocenters. The molecule has 1 aromatic rings. The summed E-state index contributed by atoms with van der Waals surface area (Å²) < 4.78 is 27.3. The Labute approximate surface area is 157 Å². The third kappa shape index (κ3) is 4.64. The maximum absolute atomic E-state index is 12.8. The van der Waals surface area contributed by atoms with Crippen LogP contribution in [0.15, 0.2) is 18.2 Å². The molecule has 1 fully saturated rings. The van der Waals surface area contributed by atoms with E-state index in [2.05, 4.69) is 37.4 Å². The van der Waals surface area contributed by atoms with E-state index in [0.29, 0.717) is 19.4 Å². The van der Waals surface area contributed by atoms with Crippen LogP contribution in [0.25, 0.3) is 0 Å². The average molecular weight is 382 g/mol. The van der Waals surface area contributed by atoms with Gasteiger partial charge in [-0.15, -0.1) is 0 Å². The molecule has 1 heterocycles. The lowest BCUT2D eigenvalue weighted by Gasteiger charge is -2.33. The van der Waals surface area contributed by atoms with E-state index in [0.717, 1.165) is 12.0 Å². The third-order valence-corrected chi connectivity index (χ3v) is 7.11. The van der Waals surface area contributed by atoms with E-state index in [-0.39, 0.29) is 24.4 Å². The van der Waals surface area contributed by atoms with Gasteiger partial charge in [-0.3, -0.25) is 4.79 Å². The van der Waals surface area contributed by atoms with E-state index in [1.54, 1.807) is 0 Å². The van der Waals surface area contributed by atoms with Gasteiger partial charge in [0.2, 0.25) is 5.91 Å². The summed E-state index contributed by atoms with van der Waals surface area (Å²) in [6.45, 7) is 6.90. The van der Waals surface area contributed by atoms with Gasteiger partial charge in [-0.25, -0.2) is 0 Å². The first-order valence-electron chi connectivity index (χ1n) is 9.22. The molecule has 0 bridgehead atoms. The second kappa shape index (κ2) is 8.50. The maximum atomic E-state index is 12.8. The van der Waals surface area contributed by atoms with Crippen LogP contribution in [0.3, 0.4) is 0 Å². The van der Waals surface area contributed by atoms with Crippen LogP contribution in [0.4, 0.5) is 0 Å². The second-order valence-electron chi connectivity index (χ2n) is 7.30. The van der Waals surface area contributed by atoms with E-state index in [1.165, 1.54) is 33.8 Å². The van der Waals surface area contributed by atoms with Crippen molar-refractivity contribution < 1.29 is 13.2 Å². The first kappa shape index (κ1) is 20.9. The van der Waals surface area contributed by atoms with Crippen LogP contribution in [0.1, 0.15) is 48.9 Å². The summed E-state index contributed by atoms with van der Waals surface area (Å²) in [5.74, 6) is -0.368. The number of benzene rings is 1. The molecule has 0 radical (unpaired) electrons. The molecule has 2 atom stereocenters. The monoisotopic (exact) mass is 381 g/mol. The summed E-state index contributed by atoms with van der Waals surface area (Å²) >= 11 is 0. The van der Waals surface area contributed by atoms with Crippen LogP contribution in [0.5, 0.6) is 0 Å². The van der Waals surface area contributed by atoms with Gasteiger partial charge in [0, 0.05) is 27.2 Å². The zero-order chi connectivity index (χ0) is 19.5. The minimum atomic E-state index is -3.48. The summed E-state index contributed by atoms with van der Waals surface area (Å²) in [6.07, 6.45) is 2.21. The fourth-order valence-electron chi connectivity index (χ4n) is 3.29. The minimum absolute atomic E-state index is 0.0531. The van der Waals surface area contributed by atoms with Crippen molar-refractivity contribution in [1.29, 1.82) is 0 Å². The number of aryl methyl sites for hydroxylation is 2. The maximum Gasteiger partial charge on any atom is 0.281 e. The van der Waals surface area contributed by atoms with Gasteiger partial charge in [0.05, 0.1) is 12.0 Å². The Bertz CT molecular complexity index is 746. The molecule has 0 saturated carbocycles. The second-order valence-corrected chi connectivity index (χ2v) is 9.44. The first-order valence-corrected chi connectivity index (χ1v) is 10.6. The lowest BCUT2D eigenvalue weighted by atomic mass is 9.96. The molecule has 0 spiro atoms. The van der Waals surface area contributed by atoms with Crippen molar-refractivity contribution in [2.75, 3.05) is 27.2 Å². The average Bonchev–Trinajstić information content (AvgIpc) is 2.61. The van der Waals surface area contributed by atoms with Crippen molar-refractivity contribution >= 4 is 16.1 Å². The number of rotatable bonds is 6. The molecule has 7 heteroatoms. The van der Waals surface area contributed by atoms with E-state index in [4.69, 9.17) is 0 Å². The summed E-state index contributed by atoms with van der Waals surface area (Å²) in [6, 6.07) is 6.20. The van der Waals surface area contributed by atoms with Crippen molar-refractivity contribution in [3.8, 4) is 0 Å². The van der Waals surface area contributed by atoms with E-state index in [9.17, 15) is 13.2 Å². The summed E-state index contributed by atoms with van der Waals surface area (Å²) in [4.78, 5) is 12.8. The highest BCUT2D eigenvalue weighted by molar-refractivity contribution is 7.86. The number of carbonyl (C=O) groups is 1. The largest absolute Gasteiger partial charge is 0.349 e. The molecule has 26 heavy (non-hydrogen) atoms. The number of amides is 1. The number of piperidine rings is 1. The highest BCUT2D eigenvalue weighted by Gasteiger charge is 2.34. The number of nitrogens with zero attached hydrogens (tertiary/aromatic N) is 2. The lowest BCUT2D eigenvalue weighted by molar-refractivity contribution is -0.126. The predicted molar refractivity (Wildman–Crippen MR) is 104 cm³/mol. The molecule has 6 nitrogen and oxygen atoms in total. The van der Waals surface area contributed by atoms with Gasteiger partial charge in [-0.2, -0.15) is 17.0 Å². The van der Waals surface area contributed by atoms with Gasteiger partial charge in [-0.05, 0) is 49.8 Å². The van der Waals surface area contributed by atoms with Crippen molar-refractivity contribution in [3.63, 3.8) is 0 Å². The summed E-state index contributed by atoms with van der Waals surface area (Å²) in [7, 11) is -0.437. The molecule has 146 valence electrons. The zero-order valence-electron chi connectivity index (χ0n) is 16.4. The van der Waals surface area contributed by atoms with Crippen molar-refractivity contribution in [2.24, 2.45) is 5.92 Å². The summed E-state index contributed by atoms with van der Waals surface area (Å²) in [5.41, 5.74) is 3.53. The zero-order valence-corrected chi connectivity index (χ0v) is 17.3. The molecule has 1 aromatic carbocycles. The quantitative estimate of drug-likeness (QED) is 0.823. The van der Waals surface area contributed by atoms with E-state index in [1.807, 2.05) is 6.92 Å². The Morgan fingerprint density at radius 3 is 2.58 bits per heavy atom. The SMILES string of the molecule is CC[C@@H](NC(=O)[C@@H]1CCCN(S(=O)(=O)N(C)C)C1)c1ccc(C)c(C)c1. The van der Waals surface area contributed by atoms with Gasteiger partial charge in [0.15, 0.2) is 0 Å². The first-order chi connectivity index (χ1) is 12.2. The molecule has 1 saturated heterocycles. The van der Waals surface area contributed by atoms with Gasteiger partial charge in [-0.1, -0.05) is 25.1 Å². The van der Waals surface area contributed by atoms with Gasteiger partial charge in [0.1, 0.15) is 0 Å². The topological polar surface area (TPSA) is 69.7 Å².